The fourth-order valence-electron chi connectivity index (χ4n) is 1.69. The predicted octanol–water partition coefficient (Wildman–Crippen LogP) is 5.52. The predicted molar refractivity (Wildman–Crippen MR) is 82.5 cm³/mol. The first-order chi connectivity index (χ1) is 8.97. The van der Waals surface area contributed by atoms with Crippen LogP contribution < -0.4 is 5.32 Å². The zero-order valence-corrected chi connectivity index (χ0v) is 12.8. The first-order valence-corrected chi connectivity index (χ1v) is 6.95. The van der Waals surface area contributed by atoms with Crippen LogP contribution in [0.5, 0.6) is 0 Å². The number of anilines is 1. The third kappa shape index (κ3) is 3.53. The molecule has 0 saturated carbocycles. The van der Waals surface area contributed by atoms with Gasteiger partial charge < -0.3 is 5.32 Å². The summed E-state index contributed by atoms with van der Waals surface area (Å²) in [5.74, 6) is 0.532. The molecule has 2 aromatic rings. The summed E-state index contributed by atoms with van der Waals surface area (Å²) in [4.78, 5) is 4.15. The van der Waals surface area contributed by atoms with Crippen LogP contribution in [0, 0.1) is 6.92 Å². The van der Waals surface area contributed by atoms with Crippen molar-refractivity contribution in [2.24, 2.45) is 0 Å². The van der Waals surface area contributed by atoms with E-state index in [2.05, 4.69) is 41.5 Å². The van der Waals surface area contributed by atoms with Crippen LogP contribution in [0.1, 0.15) is 24.1 Å². The van der Waals surface area contributed by atoms with Gasteiger partial charge in [-0.25, -0.2) is 4.98 Å². The Morgan fingerprint density at radius 2 is 1.68 bits per heavy atom. The van der Waals surface area contributed by atoms with Crippen LogP contribution in [0.15, 0.2) is 30.3 Å². The standard InChI is InChI=1S/C14H13Cl3N2/c1-8-3-5-10(6-4-8)9(2)18-14-12(16)7-11(15)13(17)19-14/h3-7,9H,1-2H3,(H,18,19). The number of pyridine rings is 1. The maximum absolute atomic E-state index is 6.09. The molecule has 1 N–H and O–H groups in total. The minimum Gasteiger partial charge on any atom is -0.362 e. The molecule has 1 atom stereocenters. The van der Waals surface area contributed by atoms with Gasteiger partial charge in [-0.3, -0.25) is 0 Å². The first-order valence-electron chi connectivity index (χ1n) is 5.82. The van der Waals surface area contributed by atoms with Gasteiger partial charge in [0.05, 0.1) is 10.0 Å². The molecule has 19 heavy (non-hydrogen) atoms. The molecule has 1 aromatic heterocycles. The second-order valence-corrected chi connectivity index (χ2v) is 5.54. The van der Waals surface area contributed by atoms with Crippen LogP contribution in [-0.4, -0.2) is 4.98 Å². The van der Waals surface area contributed by atoms with E-state index in [0.717, 1.165) is 5.56 Å². The molecule has 100 valence electrons. The van der Waals surface area contributed by atoms with Crippen LogP contribution in [0.3, 0.4) is 0 Å². The molecule has 2 rings (SSSR count). The summed E-state index contributed by atoms with van der Waals surface area (Å²) in [6.45, 7) is 4.09. The lowest BCUT2D eigenvalue weighted by molar-refractivity contribution is 0.874. The van der Waals surface area contributed by atoms with Crippen molar-refractivity contribution in [3.8, 4) is 0 Å². The van der Waals surface area contributed by atoms with Crippen LogP contribution in [0.4, 0.5) is 5.82 Å². The van der Waals surface area contributed by atoms with E-state index < -0.39 is 0 Å². The fourth-order valence-corrected chi connectivity index (χ4v) is 2.24. The Labute approximate surface area is 127 Å². The van der Waals surface area contributed by atoms with Gasteiger partial charge in [0.15, 0.2) is 0 Å². The van der Waals surface area contributed by atoms with E-state index in [1.165, 1.54) is 5.56 Å². The van der Waals surface area contributed by atoms with Gasteiger partial charge in [0.25, 0.3) is 0 Å². The zero-order valence-electron chi connectivity index (χ0n) is 10.5. The molecular formula is C14H13Cl3N2. The molecule has 0 aliphatic carbocycles. The Bertz CT molecular complexity index is 582. The van der Waals surface area contributed by atoms with Gasteiger partial charge in [0.1, 0.15) is 11.0 Å². The number of hydrogen-bond donors (Lipinski definition) is 1. The van der Waals surface area contributed by atoms with Gasteiger partial charge in [-0.05, 0) is 25.5 Å². The second kappa shape index (κ2) is 6.00. The zero-order chi connectivity index (χ0) is 14.0. The van der Waals surface area contributed by atoms with Crippen molar-refractivity contribution in [1.82, 2.24) is 4.98 Å². The SMILES string of the molecule is Cc1ccc(C(C)Nc2nc(Cl)c(Cl)cc2Cl)cc1. The van der Waals surface area contributed by atoms with E-state index in [4.69, 9.17) is 34.8 Å². The Balaban J connectivity index is 2.21. The van der Waals surface area contributed by atoms with Gasteiger partial charge in [0.2, 0.25) is 0 Å². The number of aryl methyl sites for hydroxylation is 1. The van der Waals surface area contributed by atoms with E-state index in [1.807, 2.05) is 6.92 Å². The van der Waals surface area contributed by atoms with Crippen molar-refractivity contribution in [1.29, 1.82) is 0 Å². The lowest BCUT2D eigenvalue weighted by atomic mass is 10.1. The Morgan fingerprint density at radius 1 is 1.05 bits per heavy atom. The fraction of sp³-hybridized carbons (Fsp3) is 0.214. The molecule has 0 fully saturated rings. The van der Waals surface area contributed by atoms with Crippen LogP contribution >= 0.6 is 34.8 Å². The first kappa shape index (κ1) is 14.4. The van der Waals surface area contributed by atoms with Gasteiger partial charge in [0, 0.05) is 6.04 Å². The molecule has 1 heterocycles. The number of benzene rings is 1. The average Bonchev–Trinajstić information content (AvgIpc) is 2.36. The van der Waals surface area contributed by atoms with Crippen molar-refractivity contribution in [3.05, 3.63) is 56.7 Å². The number of nitrogens with zero attached hydrogens (tertiary/aromatic N) is 1. The van der Waals surface area contributed by atoms with Gasteiger partial charge in [-0.15, -0.1) is 0 Å². The maximum Gasteiger partial charge on any atom is 0.150 e. The summed E-state index contributed by atoms with van der Waals surface area (Å²) in [5, 5.41) is 4.27. The minimum absolute atomic E-state index is 0.0721. The van der Waals surface area contributed by atoms with E-state index in [9.17, 15) is 0 Å². The molecule has 1 aromatic carbocycles. The summed E-state index contributed by atoms with van der Waals surface area (Å²) in [7, 11) is 0. The van der Waals surface area contributed by atoms with E-state index in [-0.39, 0.29) is 11.2 Å². The molecular weight excluding hydrogens is 303 g/mol. The summed E-state index contributed by atoms with van der Waals surface area (Å²) < 4.78 is 0. The molecule has 0 aliphatic rings. The molecule has 5 heteroatoms. The molecule has 0 spiro atoms. The summed E-state index contributed by atoms with van der Waals surface area (Å²) >= 11 is 17.8. The highest BCUT2D eigenvalue weighted by Gasteiger charge is 2.11. The molecule has 0 bridgehead atoms. The van der Waals surface area contributed by atoms with Crippen LogP contribution in [0.2, 0.25) is 15.2 Å². The number of aromatic nitrogens is 1. The second-order valence-electron chi connectivity index (χ2n) is 4.37. The van der Waals surface area contributed by atoms with Crippen molar-refractivity contribution in [2.45, 2.75) is 19.9 Å². The average molecular weight is 316 g/mol. The molecule has 1 unspecified atom stereocenters. The molecule has 0 amide bonds. The van der Waals surface area contributed by atoms with Gasteiger partial charge in [-0.1, -0.05) is 64.6 Å². The Hall–Kier alpha value is -0.960. The van der Waals surface area contributed by atoms with E-state index in [1.54, 1.807) is 6.07 Å². The number of nitrogens with one attached hydrogen (secondary N) is 1. The lowest BCUT2D eigenvalue weighted by Crippen LogP contribution is -2.08. The normalized spacial score (nSPS) is 12.3. The van der Waals surface area contributed by atoms with Crippen LogP contribution in [-0.2, 0) is 0 Å². The summed E-state index contributed by atoms with van der Waals surface area (Å²) in [6.07, 6.45) is 0. The maximum atomic E-state index is 6.09. The smallest absolute Gasteiger partial charge is 0.150 e. The van der Waals surface area contributed by atoms with Crippen molar-refractivity contribution >= 4 is 40.6 Å². The minimum atomic E-state index is 0.0721. The Kier molecular flexibility index (Phi) is 4.56. The monoisotopic (exact) mass is 314 g/mol. The lowest BCUT2D eigenvalue weighted by Gasteiger charge is -2.16. The third-order valence-corrected chi connectivity index (χ3v) is 3.78. The highest BCUT2D eigenvalue weighted by Crippen LogP contribution is 2.30. The highest BCUT2D eigenvalue weighted by atomic mass is 35.5. The largest absolute Gasteiger partial charge is 0.362 e. The summed E-state index contributed by atoms with van der Waals surface area (Å²) in [6, 6.07) is 9.93. The molecule has 2 nitrogen and oxygen atoms in total. The van der Waals surface area contributed by atoms with Gasteiger partial charge in [-0.2, -0.15) is 0 Å². The van der Waals surface area contributed by atoms with Crippen LogP contribution in [0.25, 0.3) is 0 Å². The molecule has 0 aliphatic heterocycles. The highest BCUT2D eigenvalue weighted by molar-refractivity contribution is 6.42. The van der Waals surface area contributed by atoms with Crippen molar-refractivity contribution in [2.75, 3.05) is 5.32 Å². The summed E-state index contributed by atoms with van der Waals surface area (Å²) in [5.41, 5.74) is 2.37. The Morgan fingerprint density at radius 3 is 2.32 bits per heavy atom. The molecule has 0 saturated heterocycles. The van der Waals surface area contributed by atoms with E-state index in [0.29, 0.717) is 15.9 Å². The quantitative estimate of drug-likeness (QED) is 0.754. The number of hydrogen-bond acceptors (Lipinski definition) is 2. The van der Waals surface area contributed by atoms with Gasteiger partial charge >= 0.3 is 0 Å². The molecule has 0 radical (unpaired) electrons. The van der Waals surface area contributed by atoms with E-state index >= 15 is 0 Å². The number of halogens is 3. The third-order valence-electron chi connectivity index (χ3n) is 2.82. The topological polar surface area (TPSA) is 24.9 Å². The van der Waals surface area contributed by atoms with Crippen molar-refractivity contribution < 1.29 is 0 Å². The number of rotatable bonds is 3. The van der Waals surface area contributed by atoms with Crippen molar-refractivity contribution in [3.63, 3.8) is 0 Å².